The molecule has 0 amide bonds. The minimum atomic E-state index is 0.477. The molecule has 0 spiro atoms. The lowest BCUT2D eigenvalue weighted by Crippen LogP contribution is -2.24. The van der Waals surface area contributed by atoms with Gasteiger partial charge in [0.15, 0.2) is 0 Å². The Balaban J connectivity index is 2.32. The van der Waals surface area contributed by atoms with E-state index in [-0.39, 0.29) is 0 Å². The summed E-state index contributed by atoms with van der Waals surface area (Å²) in [6, 6.07) is 0. The molecule has 0 aromatic carbocycles. The van der Waals surface area contributed by atoms with Gasteiger partial charge in [-0.15, -0.1) is 0 Å². The minimum absolute atomic E-state index is 0.477. The van der Waals surface area contributed by atoms with Crippen molar-refractivity contribution in [3.63, 3.8) is 0 Å². The van der Waals surface area contributed by atoms with Crippen LogP contribution in [0.4, 0.5) is 0 Å². The number of rotatable bonds is 4. The van der Waals surface area contributed by atoms with Crippen molar-refractivity contribution in [2.75, 3.05) is 13.2 Å². The fraction of sp³-hybridized carbons (Fsp3) is 1.00. The first kappa shape index (κ1) is 12.5. The Kier molecular flexibility index (Phi) is 4.92. The molecule has 1 heterocycles. The van der Waals surface area contributed by atoms with Gasteiger partial charge in [0.25, 0.3) is 0 Å². The summed E-state index contributed by atoms with van der Waals surface area (Å²) in [4.78, 5) is 0.636. The van der Waals surface area contributed by atoms with E-state index in [9.17, 15) is 0 Å². The lowest BCUT2D eigenvalue weighted by atomic mass is 9.77. The van der Waals surface area contributed by atoms with Crippen LogP contribution in [0, 0.1) is 11.3 Å². The van der Waals surface area contributed by atoms with Gasteiger partial charge in [-0.05, 0) is 37.0 Å². The first-order valence-electron chi connectivity index (χ1n) is 5.71. The van der Waals surface area contributed by atoms with Crippen LogP contribution in [0.1, 0.15) is 46.5 Å². The van der Waals surface area contributed by atoms with Gasteiger partial charge in [-0.25, -0.2) is 0 Å². The van der Waals surface area contributed by atoms with Gasteiger partial charge in [0.1, 0.15) is 0 Å². The molecule has 0 aromatic rings. The van der Waals surface area contributed by atoms with E-state index in [0.717, 1.165) is 19.1 Å². The van der Waals surface area contributed by atoms with Crippen LogP contribution in [0.3, 0.4) is 0 Å². The van der Waals surface area contributed by atoms with Crippen LogP contribution in [0.5, 0.6) is 0 Å². The lowest BCUT2D eigenvalue weighted by molar-refractivity contribution is 0.0503. The Bertz CT molecular complexity index is 160. The van der Waals surface area contributed by atoms with E-state index in [2.05, 4.69) is 36.7 Å². The molecule has 0 N–H and O–H groups in total. The highest BCUT2D eigenvalue weighted by atomic mass is 79.9. The van der Waals surface area contributed by atoms with Gasteiger partial charge in [-0.2, -0.15) is 0 Å². The Morgan fingerprint density at radius 3 is 2.43 bits per heavy atom. The quantitative estimate of drug-likeness (QED) is 0.696. The van der Waals surface area contributed by atoms with Gasteiger partial charge in [0.2, 0.25) is 0 Å². The monoisotopic (exact) mass is 262 g/mol. The molecule has 14 heavy (non-hydrogen) atoms. The molecule has 0 saturated carbocycles. The summed E-state index contributed by atoms with van der Waals surface area (Å²) in [6.07, 6.45) is 5.15. The van der Waals surface area contributed by atoms with Gasteiger partial charge in [0, 0.05) is 18.0 Å². The van der Waals surface area contributed by atoms with Crippen LogP contribution < -0.4 is 0 Å². The highest BCUT2D eigenvalue weighted by molar-refractivity contribution is 9.09. The Morgan fingerprint density at radius 1 is 1.36 bits per heavy atom. The molecule has 1 aliphatic heterocycles. The highest BCUT2D eigenvalue weighted by Gasteiger charge is 2.25. The van der Waals surface area contributed by atoms with Crippen LogP contribution in [0.15, 0.2) is 0 Å². The van der Waals surface area contributed by atoms with Crippen LogP contribution in [-0.2, 0) is 4.74 Å². The number of halogens is 1. The van der Waals surface area contributed by atoms with E-state index < -0.39 is 0 Å². The lowest BCUT2D eigenvalue weighted by Gasteiger charge is -2.32. The van der Waals surface area contributed by atoms with E-state index in [1.165, 1.54) is 25.7 Å². The van der Waals surface area contributed by atoms with Crippen LogP contribution in [0.25, 0.3) is 0 Å². The zero-order valence-electron chi connectivity index (χ0n) is 9.68. The molecular formula is C12H23BrO. The van der Waals surface area contributed by atoms with Crippen molar-refractivity contribution in [1.82, 2.24) is 0 Å². The Morgan fingerprint density at radius 2 is 1.93 bits per heavy atom. The summed E-state index contributed by atoms with van der Waals surface area (Å²) in [5.41, 5.74) is 0.477. The zero-order chi connectivity index (χ0) is 10.6. The molecular weight excluding hydrogens is 240 g/mol. The predicted octanol–water partition coefficient (Wildman–Crippen LogP) is 4.00. The molecule has 0 aromatic heterocycles. The van der Waals surface area contributed by atoms with Crippen molar-refractivity contribution >= 4 is 15.9 Å². The summed E-state index contributed by atoms with van der Waals surface area (Å²) < 4.78 is 5.39. The van der Waals surface area contributed by atoms with Gasteiger partial charge in [0.05, 0.1) is 0 Å². The normalized spacial score (nSPS) is 22.3. The number of alkyl halides is 1. The molecule has 1 fully saturated rings. The van der Waals surface area contributed by atoms with Crippen molar-refractivity contribution in [3.8, 4) is 0 Å². The zero-order valence-corrected chi connectivity index (χ0v) is 11.3. The number of hydrogen-bond acceptors (Lipinski definition) is 1. The molecule has 1 saturated heterocycles. The maximum Gasteiger partial charge on any atom is 0.0468 e. The maximum absolute atomic E-state index is 5.39. The average molecular weight is 263 g/mol. The van der Waals surface area contributed by atoms with Crippen LogP contribution in [-0.4, -0.2) is 18.0 Å². The number of hydrogen-bond donors (Lipinski definition) is 0. The van der Waals surface area contributed by atoms with E-state index in [1.807, 2.05) is 0 Å². The second kappa shape index (κ2) is 5.50. The largest absolute Gasteiger partial charge is 0.381 e. The van der Waals surface area contributed by atoms with E-state index >= 15 is 0 Å². The molecule has 0 bridgehead atoms. The van der Waals surface area contributed by atoms with E-state index in [1.54, 1.807) is 0 Å². The van der Waals surface area contributed by atoms with Crippen molar-refractivity contribution in [2.24, 2.45) is 11.3 Å². The summed E-state index contributed by atoms with van der Waals surface area (Å²) in [5.74, 6) is 0.894. The fourth-order valence-corrected chi connectivity index (χ4v) is 3.45. The molecule has 1 nitrogen and oxygen atoms in total. The third kappa shape index (κ3) is 4.79. The Labute approximate surface area is 96.7 Å². The number of ether oxygens (including phenoxy) is 1. The fourth-order valence-electron chi connectivity index (χ4n) is 2.58. The summed E-state index contributed by atoms with van der Waals surface area (Å²) in [5, 5.41) is 0. The van der Waals surface area contributed by atoms with E-state index in [4.69, 9.17) is 4.74 Å². The van der Waals surface area contributed by atoms with E-state index in [0.29, 0.717) is 10.2 Å². The maximum atomic E-state index is 5.39. The smallest absolute Gasteiger partial charge is 0.0468 e. The first-order chi connectivity index (χ1) is 6.49. The molecule has 2 heteroatoms. The third-order valence-electron chi connectivity index (χ3n) is 3.02. The van der Waals surface area contributed by atoms with Gasteiger partial charge < -0.3 is 4.74 Å². The van der Waals surface area contributed by atoms with Crippen molar-refractivity contribution in [3.05, 3.63) is 0 Å². The Hall–Kier alpha value is 0.440. The minimum Gasteiger partial charge on any atom is -0.381 e. The van der Waals surface area contributed by atoms with Crippen molar-refractivity contribution < 1.29 is 4.74 Å². The van der Waals surface area contributed by atoms with Gasteiger partial charge in [-0.1, -0.05) is 36.7 Å². The SMILES string of the molecule is CC(Br)CC(C)(C)CC1CCOCC1. The summed E-state index contributed by atoms with van der Waals surface area (Å²) >= 11 is 3.65. The van der Waals surface area contributed by atoms with Crippen molar-refractivity contribution in [1.29, 1.82) is 0 Å². The molecule has 1 unspecified atom stereocenters. The molecule has 0 aliphatic carbocycles. The standard InChI is InChI=1S/C12H23BrO/c1-10(13)8-12(2,3)9-11-4-6-14-7-5-11/h10-11H,4-9H2,1-3H3. The van der Waals surface area contributed by atoms with Gasteiger partial charge >= 0.3 is 0 Å². The molecule has 84 valence electrons. The molecule has 1 aliphatic rings. The molecule has 0 radical (unpaired) electrons. The van der Waals surface area contributed by atoms with Crippen LogP contribution in [0.2, 0.25) is 0 Å². The average Bonchev–Trinajstić information content (AvgIpc) is 2.02. The first-order valence-corrected chi connectivity index (χ1v) is 6.63. The summed E-state index contributed by atoms with van der Waals surface area (Å²) in [7, 11) is 0. The second-order valence-corrected chi connectivity index (χ2v) is 6.97. The predicted molar refractivity (Wildman–Crippen MR) is 64.9 cm³/mol. The van der Waals surface area contributed by atoms with Crippen LogP contribution >= 0.6 is 15.9 Å². The topological polar surface area (TPSA) is 9.23 Å². The molecule has 1 atom stereocenters. The second-order valence-electron chi connectivity index (χ2n) is 5.41. The summed E-state index contributed by atoms with van der Waals surface area (Å²) in [6.45, 7) is 8.97. The third-order valence-corrected chi connectivity index (χ3v) is 3.34. The van der Waals surface area contributed by atoms with Crippen molar-refractivity contribution in [2.45, 2.75) is 51.3 Å². The molecule has 1 rings (SSSR count). The van der Waals surface area contributed by atoms with Gasteiger partial charge in [-0.3, -0.25) is 0 Å². The highest BCUT2D eigenvalue weighted by Crippen LogP contribution is 2.35.